The highest BCUT2D eigenvalue weighted by molar-refractivity contribution is 7.92. The molecular weight excluding hydrogens is 570 g/mol. The van der Waals surface area contributed by atoms with Gasteiger partial charge < -0.3 is 19.5 Å². The molecule has 3 aromatic rings. The zero-order valence-corrected chi connectivity index (χ0v) is 23.9. The molecule has 2 heterocycles. The minimum absolute atomic E-state index is 0.0428. The van der Waals surface area contributed by atoms with Gasteiger partial charge in [-0.2, -0.15) is 4.31 Å². The van der Waals surface area contributed by atoms with Crippen LogP contribution in [0.2, 0.25) is 0 Å². The maximum absolute atomic E-state index is 13.5. The molecule has 3 aromatic carbocycles. The number of nitrogens with one attached hydrogen (secondary N) is 1. The summed E-state index contributed by atoms with van der Waals surface area (Å²) in [5, 5.41) is 2.68. The monoisotopic (exact) mass is 601 g/mol. The molecule has 0 atom stereocenters. The van der Waals surface area contributed by atoms with Crippen molar-refractivity contribution in [1.82, 2.24) is 9.62 Å². The zero-order valence-electron chi connectivity index (χ0n) is 22.3. The highest BCUT2D eigenvalue weighted by atomic mass is 32.2. The number of benzene rings is 3. The zero-order chi connectivity index (χ0) is 28.9. The molecule has 2 aliphatic rings. The second-order valence-electron chi connectivity index (χ2n) is 9.43. The van der Waals surface area contributed by atoms with Crippen molar-refractivity contribution in [1.29, 1.82) is 0 Å². The quantitative estimate of drug-likeness (QED) is 0.332. The Balaban J connectivity index is 1.21. The minimum Gasteiger partial charge on any atom is -0.492 e. The summed E-state index contributed by atoms with van der Waals surface area (Å²) in [5.74, 6) is 0.814. The highest BCUT2D eigenvalue weighted by Crippen LogP contribution is 2.35. The van der Waals surface area contributed by atoms with E-state index >= 15 is 0 Å². The van der Waals surface area contributed by atoms with Gasteiger partial charge in [-0.1, -0.05) is 18.2 Å². The summed E-state index contributed by atoms with van der Waals surface area (Å²) in [7, 11) is -7.59. The van der Waals surface area contributed by atoms with Crippen molar-refractivity contribution in [3.63, 3.8) is 0 Å². The molecule has 41 heavy (non-hydrogen) atoms. The standard InChI is InChI=1S/C28H31N3O8S2/c32-28(29-14-17-37-23-9-11-25(12-10-23)40(33,34)30-15-4-5-16-30)21-31(41(35,36)24-6-2-1-3-7-24)22-8-13-26-27(20-22)39-19-18-38-26/h1-3,6-13,20H,4-5,14-19,21H2,(H,29,32). The van der Waals surface area contributed by atoms with Crippen molar-refractivity contribution in [3.8, 4) is 17.2 Å². The summed E-state index contributed by atoms with van der Waals surface area (Å²) in [6.45, 7) is 1.51. The number of carbonyl (C=O) groups excluding carboxylic acids is 1. The highest BCUT2D eigenvalue weighted by Gasteiger charge is 2.29. The molecule has 0 saturated carbocycles. The summed E-state index contributed by atoms with van der Waals surface area (Å²) >= 11 is 0. The molecule has 1 N–H and O–H groups in total. The average Bonchev–Trinajstić information content (AvgIpc) is 3.55. The van der Waals surface area contributed by atoms with Crippen LogP contribution in [0.4, 0.5) is 5.69 Å². The number of rotatable bonds is 11. The van der Waals surface area contributed by atoms with E-state index in [1.807, 2.05) is 0 Å². The summed E-state index contributed by atoms with van der Waals surface area (Å²) in [6.07, 6.45) is 1.72. The van der Waals surface area contributed by atoms with Crippen LogP contribution in [0, 0.1) is 0 Å². The Bertz CT molecular complexity index is 1570. The van der Waals surface area contributed by atoms with Crippen molar-refractivity contribution in [2.24, 2.45) is 0 Å². The van der Waals surface area contributed by atoms with Crippen molar-refractivity contribution in [3.05, 3.63) is 72.8 Å². The number of fused-ring (bicyclic) bond motifs is 1. The molecule has 0 bridgehead atoms. The van der Waals surface area contributed by atoms with E-state index in [-0.39, 0.29) is 28.6 Å². The predicted molar refractivity (Wildman–Crippen MR) is 151 cm³/mol. The van der Waals surface area contributed by atoms with Crippen LogP contribution in [0.1, 0.15) is 12.8 Å². The lowest BCUT2D eigenvalue weighted by Gasteiger charge is -2.26. The van der Waals surface area contributed by atoms with E-state index in [1.54, 1.807) is 48.5 Å². The lowest BCUT2D eigenvalue weighted by molar-refractivity contribution is -0.119. The molecule has 1 fully saturated rings. The Morgan fingerprint density at radius 1 is 0.854 bits per heavy atom. The fourth-order valence-electron chi connectivity index (χ4n) is 4.55. The van der Waals surface area contributed by atoms with Crippen molar-refractivity contribution in [2.45, 2.75) is 22.6 Å². The fourth-order valence-corrected chi connectivity index (χ4v) is 7.50. The summed E-state index contributed by atoms with van der Waals surface area (Å²) in [5.41, 5.74) is 0.258. The van der Waals surface area contributed by atoms with Crippen LogP contribution in [0.3, 0.4) is 0 Å². The number of amides is 1. The first kappa shape index (κ1) is 28.7. The smallest absolute Gasteiger partial charge is 0.264 e. The number of hydrogen-bond donors (Lipinski definition) is 1. The summed E-state index contributed by atoms with van der Waals surface area (Å²) in [4.78, 5) is 13.1. The molecule has 0 unspecified atom stereocenters. The van der Waals surface area contributed by atoms with E-state index in [0.29, 0.717) is 43.6 Å². The molecule has 218 valence electrons. The second kappa shape index (κ2) is 12.4. The maximum Gasteiger partial charge on any atom is 0.264 e. The molecule has 0 spiro atoms. The Labute approximate surface area is 239 Å². The van der Waals surface area contributed by atoms with Crippen molar-refractivity contribution >= 4 is 31.6 Å². The van der Waals surface area contributed by atoms with Crippen LogP contribution in [-0.4, -0.2) is 73.0 Å². The van der Waals surface area contributed by atoms with Crippen LogP contribution in [0.5, 0.6) is 17.2 Å². The number of hydrogen-bond acceptors (Lipinski definition) is 8. The van der Waals surface area contributed by atoms with Crippen LogP contribution in [0.25, 0.3) is 0 Å². The normalized spacial score (nSPS) is 15.3. The van der Waals surface area contributed by atoms with Crippen molar-refractivity contribution < 1.29 is 35.8 Å². The predicted octanol–water partition coefficient (Wildman–Crippen LogP) is 2.63. The third kappa shape index (κ3) is 6.58. The van der Waals surface area contributed by atoms with Gasteiger partial charge in [0.2, 0.25) is 15.9 Å². The first-order valence-corrected chi connectivity index (χ1v) is 16.1. The molecule has 1 amide bonds. The molecule has 1 saturated heterocycles. The third-order valence-corrected chi connectivity index (χ3v) is 10.4. The third-order valence-electron chi connectivity index (χ3n) is 6.65. The van der Waals surface area contributed by atoms with Gasteiger partial charge in [0.05, 0.1) is 22.0 Å². The van der Waals surface area contributed by atoms with Gasteiger partial charge in [0.15, 0.2) is 11.5 Å². The van der Waals surface area contributed by atoms with Crippen LogP contribution in [-0.2, 0) is 24.8 Å². The van der Waals surface area contributed by atoms with E-state index in [2.05, 4.69) is 5.32 Å². The van der Waals surface area contributed by atoms with E-state index in [4.69, 9.17) is 14.2 Å². The van der Waals surface area contributed by atoms with Gasteiger partial charge in [0.25, 0.3) is 10.0 Å². The molecular formula is C28H31N3O8S2. The van der Waals surface area contributed by atoms with E-state index in [0.717, 1.165) is 17.1 Å². The van der Waals surface area contributed by atoms with Crippen LogP contribution < -0.4 is 23.8 Å². The van der Waals surface area contributed by atoms with E-state index in [9.17, 15) is 21.6 Å². The van der Waals surface area contributed by atoms with Crippen molar-refractivity contribution in [2.75, 3.05) is 50.3 Å². The van der Waals surface area contributed by atoms with E-state index in [1.165, 1.54) is 28.6 Å². The molecule has 0 aromatic heterocycles. The number of nitrogens with zero attached hydrogens (tertiary/aromatic N) is 2. The van der Waals surface area contributed by atoms with Gasteiger partial charge in [-0.25, -0.2) is 16.8 Å². The Morgan fingerprint density at radius 3 is 2.24 bits per heavy atom. The number of carbonyl (C=O) groups is 1. The Hall–Kier alpha value is -3.81. The summed E-state index contributed by atoms with van der Waals surface area (Å²) in [6, 6.07) is 18.7. The second-order valence-corrected chi connectivity index (χ2v) is 13.2. The topological polar surface area (TPSA) is 132 Å². The molecule has 5 rings (SSSR count). The Morgan fingerprint density at radius 2 is 1.54 bits per heavy atom. The fraction of sp³-hybridized carbons (Fsp3) is 0.321. The first-order valence-electron chi connectivity index (χ1n) is 13.2. The van der Waals surface area contributed by atoms with Gasteiger partial charge in [-0.05, 0) is 61.4 Å². The lowest BCUT2D eigenvalue weighted by Crippen LogP contribution is -2.42. The van der Waals surface area contributed by atoms with Gasteiger partial charge in [-0.15, -0.1) is 0 Å². The molecule has 0 radical (unpaired) electrons. The number of ether oxygens (including phenoxy) is 3. The number of anilines is 1. The number of sulfonamides is 2. The molecule has 2 aliphatic heterocycles. The van der Waals surface area contributed by atoms with E-state index < -0.39 is 32.5 Å². The first-order chi connectivity index (χ1) is 19.7. The van der Waals surface area contributed by atoms with Gasteiger partial charge in [0, 0.05) is 19.2 Å². The van der Waals surface area contributed by atoms with Gasteiger partial charge in [0.1, 0.15) is 32.1 Å². The molecule has 0 aliphatic carbocycles. The van der Waals surface area contributed by atoms with Crippen LogP contribution in [0.15, 0.2) is 82.6 Å². The summed E-state index contributed by atoms with van der Waals surface area (Å²) < 4.78 is 71.7. The minimum atomic E-state index is -4.08. The largest absolute Gasteiger partial charge is 0.492 e. The average molecular weight is 602 g/mol. The SMILES string of the molecule is O=C(CN(c1ccc2c(c1)OCCO2)S(=O)(=O)c1ccccc1)NCCOc1ccc(S(=O)(=O)N2CCCC2)cc1. The van der Waals surface area contributed by atoms with Gasteiger partial charge >= 0.3 is 0 Å². The molecule has 13 heteroatoms. The lowest BCUT2D eigenvalue weighted by atomic mass is 10.2. The molecule has 11 nitrogen and oxygen atoms in total. The van der Waals surface area contributed by atoms with Crippen LogP contribution >= 0.6 is 0 Å². The Kier molecular flexibility index (Phi) is 8.66. The van der Waals surface area contributed by atoms with Gasteiger partial charge in [-0.3, -0.25) is 9.10 Å². The maximum atomic E-state index is 13.5.